The molecule has 1 saturated heterocycles. The zero-order valence-electron chi connectivity index (χ0n) is 15.3. The summed E-state index contributed by atoms with van der Waals surface area (Å²) in [5.41, 5.74) is 0.832. The van der Waals surface area contributed by atoms with Crippen molar-refractivity contribution < 1.29 is 29.0 Å². The minimum absolute atomic E-state index is 0.147. The number of nitrogens with zero attached hydrogens (tertiary/aromatic N) is 2. The highest BCUT2D eigenvalue weighted by Gasteiger charge is 2.35. The van der Waals surface area contributed by atoms with Gasteiger partial charge >= 0.3 is 5.97 Å². The molecule has 8 heteroatoms. The Morgan fingerprint density at radius 2 is 1.89 bits per heavy atom. The summed E-state index contributed by atoms with van der Waals surface area (Å²) in [5.74, 6) is -1.57. The number of piperidine rings is 1. The minimum Gasteiger partial charge on any atom is -0.481 e. The van der Waals surface area contributed by atoms with Gasteiger partial charge < -0.3 is 14.7 Å². The van der Waals surface area contributed by atoms with Gasteiger partial charge in [-0.05, 0) is 44.9 Å². The number of carboxylic acid groups (broad SMARTS) is 1. The van der Waals surface area contributed by atoms with Crippen LogP contribution in [0.5, 0.6) is 5.75 Å². The van der Waals surface area contributed by atoms with Gasteiger partial charge in [-0.15, -0.1) is 0 Å². The normalized spacial score (nSPS) is 20.1. The maximum Gasteiger partial charge on any atom is 0.306 e. The summed E-state index contributed by atoms with van der Waals surface area (Å²) in [6.07, 6.45) is 0.0744. The Kier molecular flexibility index (Phi) is 5.16. The van der Waals surface area contributed by atoms with Crippen LogP contribution in [0.2, 0.25) is 0 Å². The fourth-order valence-corrected chi connectivity index (χ4v) is 3.40. The van der Waals surface area contributed by atoms with Gasteiger partial charge in [-0.3, -0.25) is 24.1 Å². The molecule has 2 aliphatic rings. The number of benzene rings is 1. The van der Waals surface area contributed by atoms with Crippen LogP contribution in [0.25, 0.3) is 0 Å². The van der Waals surface area contributed by atoms with Gasteiger partial charge in [0.05, 0.1) is 11.6 Å². The lowest BCUT2D eigenvalue weighted by Gasteiger charge is -2.35. The smallest absolute Gasteiger partial charge is 0.306 e. The monoisotopic (exact) mass is 374 g/mol. The van der Waals surface area contributed by atoms with Gasteiger partial charge in [0.15, 0.2) is 11.9 Å². The van der Waals surface area contributed by atoms with E-state index < -0.39 is 18.0 Å². The predicted molar refractivity (Wildman–Crippen MR) is 95.8 cm³/mol. The number of hydrogen-bond donors (Lipinski definition) is 1. The van der Waals surface area contributed by atoms with Gasteiger partial charge in [0.1, 0.15) is 12.3 Å². The third-order valence-electron chi connectivity index (χ3n) is 5.06. The first kappa shape index (κ1) is 18.9. The Hall–Kier alpha value is -2.90. The molecule has 1 fully saturated rings. The number of aliphatic carboxylic acids is 1. The molecule has 8 nitrogen and oxygen atoms in total. The van der Waals surface area contributed by atoms with Crippen LogP contribution in [-0.4, -0.2) is 59.3 Å². The first-order valence-corrected chi connectivity index (χ1v) is 8.91. The molecular weight excluding hydrogens is 352 g/mol. The molecular formula is C19H22N2O6. The van der Waals surface area contributed by atoms with Crippen molar-refractivity contribution in [1.29, 1.82) is 0 Å². The van der Waals surface area contributed by atoms with E-state index in [4.69, 9.17) is 9.84 Å². The third kappa shape index (κ3) is 3.79. The average Bonchev–Trinajstić information content (AvgIpc) is 2.64. The maximum absolute atomic E-state index is 12.7. The van der Waals surface area contributed by atoms with E-state index in [1.165, 1.54) is 11.8 Å². The first-order chi connectivity index (χ1) is 12.8. The second-order valence-corrected chi connectivity index (χ2v) is 6.92. The zero-order valence-corrected chi connectivity index (χ0v) is 15.3. The maximum atomic E-state index is 12.7. The van der Waals surface area contributed by atoms with Crippen molar-refractivity contribution in [1.82, 2.24) is 4.90 Å². The Morgan fingerprint density at radius 1 is 1.22 bits per heavy atom. The molecule has 2 amide bonds. The minimum atomic E-state index is -0.843. The molecule has 2 heterocycles. The van der Waals surface area contributed by atoms with Crippen molar-refractivity contribution >= 4 is 29.3 Å². The second kappa shape index (κ2) is 7.38. The molecule has 27 heavy (non-hydrogen) atoms. The van der Waals surface area contributed by atoms with Crippen LogP contribution in [0, 0.1) is 5.92 Å². The van der Waals surface area contributed by atoms with E-state index >= 15 is 0 Å². The van der Waals surface area contributed by atoms with Gasteiger partial charge in [-0.25, -0.2) is 0 Å². The van der Waals surface area contributed by atoms with Crippen molar-refractivity contribution in [2.75, 3.05) is 24.5 Å². The fraction of sp³-hybridized carbons (Fsp3) is 0.474. The van der Waals surface area contributed by atoms with Crippen LogP contribution in [-0.2, 0) is 14.4 Å². The molecule has 3 rings (SSSR count). The lowest BCUT2D eigenvalue weighted by Crippen LogP contribution is -2.51. The van der Waals surface area contributed by atoms with Crippen molar-refractivity contribution in [3.63, 3.8) is 0 Å². The largest absolute Gasteiger partial charge is 0.481 e. The number of ketones is 1. The van der Waals surface area contributed by atoms with Crippen LogP contribution in [0.3, 0.4) is 0 Å². The number of likely N-dealkylation sites (tertiary alicyclic amines) is 1. The van der Waals surface area contributed by atoms with Crippen LogP contribution < -0.4 is 9.64 Å². The summed E-state index contributed by atoms with van der Waals surface area (Å²) in [4.78, 5) is 51.0. The number of rotatable bonds is 4. The van der Waals surface area contributed by atoms with Crippen molar-refractivity contribution in [3.05, 3.63) is 23.8 Å². The summed E-state index contributed by atoms with van der Waals surface area (Å²) >= 11 is 0. The molecule has 144 valence electrons. The summed E-state index contributed by atoms with van der Waals surface area (Å²) in [6, 6.07) is 4.82. The molecule has 0 bridgehead atoms. The number of amides is 2. The molecule has 1 aromatic carbocycles. The molecule has 0 saturated carbocycles. The van der Waals surface area contributed by atoms with E-state index in [2.05, 4.69) is 0 Å². The third-order valence-corrected chi connectivity index (χ3v) is 5.06. The molecule has 1 aromatic rings. The number of fused-ring (bicyclic) bond motifs is 1. The fourth-order valence-electron chi connectivity index (χ4n) is 3.40. The van der Waals surface area contributed by atoms with Crippen molar-refractivity contribution in [2.45, 2.75) is 32.8 Å². The molecule has 2 aliphatic heterocycles. The predicted octanol–water partition coefficient (Wildman–Crippen LogP) is 1.33. The van der Waals surface area contributed by atoms with Crippen LogP contribution >= 0.6 is 0 Å². The van der Waals surface area contributed by atoms with Crippen molar-refractivity contribution in [3.8, 4) is 5.75 Å². The van der Waals surface area contributed by atoms with E-state index in [9.17, 15) is 19.2 Å². The van der Waals surface area contributed by atoms with Gasteiger partial charge in [-0.1, -0.05) is 0 Å². The van der Waals surface area contributed by atoms with Gasteiger partial charge in [0.2, 0.25) is 5.91 Å². The van der Waals surface area contributed by atoms with Gasteiger partial charge in [0.25, 0.3) is 5.91 Å². The lowest BCUT2D eigenvalue weighted by molar-refractivity contribution is -0.145. The lowest BCUT2D eigenvalue weighted by atomic mass is 9.97. The molecule has 1 atom stereocenters. The highest BCUT2D eigenvalue weighted by atomic mass is 16.5. The highest BCUT2D eigenvalue weighted by Crippen LogP contribution is 2.35. The molecule has 1 unspecified atom stereocenters. The van der Waals surface area contributed by atoms with Crippen LogP contribution in [0.15, 0.2) is 18.2 Å². The topological polar surface area (TPSA) is 104 Å². The van der Waals surface area contributed by atoms with Gasteiger partial charge in [-0.2, -0.15) is 0 Å². The number of hydrogen-bond acceptors (Lipinski definition) is 5. The Balaban J connectivity index is 1.79. The number of carbonyl (C=O) groups excluding carboxylic acids is 3. The zero-order chi connectivity index (χ0) is 19.7. The summed E-state index contributed by atoms with van der Waals surface area (Å²) in [6.45, 7) is 3.57. The average molecular weight is 374 g/mol. The van der Waals surface area contributed by atoms with Crippen molar-refractivity contribution in [2.24, 2.45) is 5.92 Å². The molecule has 0 aromatic heterocycles. The van der Waals surface area contributed by atoms with Gasteiger partial charge in [0, 0.05) is 18.7 Å². The van der Waals surface area contributed by atoms with E-state index in [0.717, 1.165) is 0 Å². The highest BCUT2D eigenvalue weighted by molar-refractivity contribution is 6.05. The number of Topliss-reactive ketones (excluding diaryl/α,β-unsaturated/α-hetero) is 1. The van der Waals surface area contributed by atoms with E-state index in [1.54, 1.807) is 30.0 Å². The SMILES string of the molecule is CC(=O)c1ccc2c(c1)N(CC(=O)N1CCC(C(=O)O)CC1)C(=O)C(C)O2. The summed E-state index contributed by atoms with van der Waals surface area (Å²) in [7, 11) is 0. The molecule has 0 spiro atoms. The number of carboxylic acids is 1. The quantitative estimate of drug-likeness (QED) is 0.797. The second-order valence-electron chi connectivity index (χ2n) is 6.92. The number of ether oxygens (including phenoxy) is 1. The van der Waals surface area contributed by atoms with E-state index in [0.29, 0.717) is 42.9 Å². The van der Waals surface area contributed by atoms with E-state index in [1.807, 2.05) is 0 Å². The summed E-state index contributed by atoms with van der Waals surface area (Å²) in [5, 5.41) is 9.07. The van der Waals surface area contributed by atoms with Crippen LogP contribution in [0.4, 0.5) is 5.69 Å². The molecule has 1 N–H and O–H groups in total. The van der Waals surface area contributed by atoms with E-state index in [-0.39, 0.29) is 24.1 Å². The standard InChI is InChI=1S/C19H22N2O6/c1-11(22)14-3-4-16-15(9-14)21(18(24)12(2)27-16)10-17(23)20-7-5-13(6-8-20)19(25)26/h3-4,9,12-13H,5-8,10H2,1-2H3,(H,25,26). The Bertz CT molecular complexity index is 797. The number of carbonyl (C=O) groups is 4. The first-order valence-electron chi connectivity index (χ1n) is 8.91. The number of anilines is 1. The molecule has 0 aliphatic carbocycles. The Labute approximate surface area is 156 Å². The summed E-state index contributed by atoms with van der Waals surface area (Å²) < 4.78 is 5.58. The molecule has 0 radical (unpaired) electrons. The Morgan fingerprint density at radius 3 is 2.48 bits per heavy atom. The van der Waals surface area contributed by atoms with Crippen LogP contribution in [0.1, 0.15) is 37.0 Å².